The van der Waals surface area contributed by atoms with Crippen molar-refractivity contribution in [3.8, 4) is 5.75 Å². The molecule has 258 valence electrons. The normalized spacial score (nSPS) is 16.6. The van der Waals surface area contributed by atoms with Crippen LogP contribution in [0.5, 0.6) is 5.75 Å². The van der Waals surface area contributed by atoms with Crippen LogP contribution in [0, 0.1) is 5.92 Å². The molecule has 4 atom stereocenters. The highest BCUT2D eigenvalue weighted by Gasteiger charge is 2.39. The molecule has 1 aromatic carbocycles. The maximum absolute atomic E-state index is 14.5. The monoisotopic (exact) mass is 673 g/mol. The van der Waals surface area contributed by atoms with E-state index in [1.54, 1.807) is 63.4 Å². The molecule has 1 fully saturated rings. The second-order valence-electron chi connectivity index (χ2n) is 11.7. The van der Waals surface area contributed by atoms with E-state index in [1.165, 1.54) is 31.0 Å². The molecule has 4 N–H and O–H groups in total. The molecule has 0 radical (unpaired) electrons. The summed E-state index contributed by atoms with van der Waals surface area (Å²) in [5, 5.41) is 17.3. The molecule has 0 aliphatic heterocycles. The molecule has 47 heavy (non-hydrogen) atoms. The van der Waals surface area contributed by atoms with Gasteiger partial charge in [-0.15, -0.1) is 0 Å². The minimum absolute atomic E-state index is 0.0674. The summed E-state index contributed by atoms with van der Waals surface area (Å²) < 4.78 is 35.0. The zero-order valence-corrected chi connectivity index (χ0v) is 28.5. The number of carbonyl (C=O) groups excluding carboxylic acids is 2. The Bertz CT molecular complexity index is 1400. The summed E-state index contributed by atoms with van der Waals surface area (Å²) in [6.45, 7) is 5.09. The lowest BCUT2D eigenvalue weighted by molar-refractivity contribution is -0.128. The van der Waals surface area contributed by atoms with Gasteiger partial charge in [-0.25, -0.2) is 14.6 Å². The largest absolute Gasteiger partial charge is 0.497 e. The summed E-state index contributed by atoms with van der Waals surface area (Å²) >= 11 is 0. The van der Waals surface area contributed by atoms with Gasteiger partial charge in [0.25, 0.3) is 0 Å². The third-order valence-corrected chi connectivity index (χ3v) is 10.2. The first-order valence-electron chi connectivity index (χ1n) is 16.3. The van der Waals surface area contributed by atoms with Crippen LogP contribution >= 0.6 is 7.75 Å². The van der Waals surface area contributed by atoms with Crippen molar-refractivity contribution < 1.29 is 37.5 Å². The average Bonchev–Trinajstić information content (AvgIpc) is 3.80. The standard InChI is InChI=1S/C33H48N5O8P/c1-5-45-47(42,46-6-2)37-23(3)33(41)38(26-14-16-27(43-4)17-15-26)29(20-25-21-34-22-35-25)32(40)36-28(19-24-11-8-7-9-12-24)31(39)30-13-10-18-44-30/h10,13-18,21-24,28-29,31,39H,5-9,11-12,19-20H2,1-4H3,(H,34,35)(H,36,40)(H,37,42)/t23-,28+,29-,31-/m0/s1. The predicted octanol–water partition coefficient (Wildman–Crippen LogP) is 5.30. The number of anilines is 1. The van der Waals surface area contributed by atoms with Gasteiger partial charge < -0.3 is 24.6 Å². The Morgan fingerprint density at radius 1 is 1.13 bits per heavy atom. The predicted molar refractivity (Wildman–Crippen MR) is 177 cm³/mol. The first-order valence-corrected chi connectivity index (χ1v) is 17.8. The zero-order valence-electron chi connectivity index (χ0n) is 27.6. The van der Waals surface area contributed by atoms with Crippen LogP contribution in [0.1, 0.15) is 76.9 Å². The van der Waals surface area contributed by atoms with E-state index in [-0.39, 0.29) is 19.6 Å². The van der Waals surface area contributed by atoms with Crippen LogP contribution in [-0.4, -0.2) is 65.3 Å². The van der Waals surface area contributed by atoms with Crippen LogP contribution in [0.15, 0.2) is 59.6 Å². The molecule has 0 bridgehead atoms. The van der Waals surface area contributed by atoms with E-state index < -0.39 is 43.8 Å². The number of hydrogen-bond donors (Lipinski definition) is 4. The number of amides is 2. The molecule has 1 aliphatic carbocycles. The molecule has 1 saturated carbocycles. The van der Waals surface area contributed by atoms with Gasteiger partial charge in [0.15, 0.2) is 0 Å². The van der Waals surface area contributed by atoms with E-state index >= 15 is 0 Å². The molecule has 14 heteroatoms. The number of aliphatic hydroxyl groups is 1. The van der Waals surface area contributed by atoms with E-state index in [4.69, 9.17) is 18.2 Å². The summed E-state index contributed by atoms with van der Waals surface area (Å²) in [6, 6.07) is 7.23. The van der Waals surface area contributed by atoms with Crippen LogP contribution in [0.25, 0.3) is 0 Å². The summed E-state index contributed by atoms with van der Waals surface area (Å²) in [6.07, 6.45) is 9.48. The van der Waals surface area contributed by atoms with Gasteiger partial charge in [0.1, 0.15) is 23.7 Å². The first kappa shape index (κ1) is 36.4. The highest BCUT2D eigenvalue weighted by molar-refractivity contribution is 7.51. The van der Waals surface area contributed by atoms with E-state index in [0.29, 0.717) is 35.2 Å². The number of methoxy groups -OCH3 is 1. The fraction of sp³-hybridized carbons (Fsp3) is 0.545. The number of imidazole rings is 1. The molecule has 13 nitrogen and oxygen atoms in total. The van der Waals surface area contributed by atoms with Crippen LogP contribution < -0.4 is 20.0 Å². The minimum Gasteiger partial charge on any atom is -0.497 e. The third kappa shape index (κ3) is 10.0. The summed E-state index contributed by atoms with van der Waals surface area (Å²) in [7, 11) is -2.31. The molecule has 2 aromatic heterocycles. The fourth-order valence-corrected chi connectivity index (χ4v) is 7.54. The molecule has 1 aliphatic rings. The Morgan fingerprint density at radius 3 is 2.40 bits per heavy atom. The maximum atomic E-state index is 14.5. The summed E-state index contributed by atoms with van der Waals surface area (Å²) in [5.74, 6) is 0.192. The number of benzene rings is 1. The van der Waals surface area contributed by atoms with E-state index in [9.17, 15) is 19.3 Å². The van der Waals surface area contributed by atoms with Gasteiger partial charge in [-0.1, -0.05) is 32.1 Å². The summed E-state index contributed by atoms with van der Waals surface area (Å²) in [5.41, 5.74) is 1.02. The SMILES string of the molecule is CCOP(=O)(N[C@@H](C)C(=O)N(c1ccc(OC)cc1)[C@@H](Cc1cnc[nH]1)C(=O)N[C@H](CC1CCCCC1)[C@H](O)c1ccco1)OCC. The number of furan rings is 1. The Balaban J connectivity index is 1.72. The number of nitrogens with one attached hydrogen (secondary N) is 3. The molecular weight excluding hydrogens is 625 g/mol. The smallest absolute Gasteiger partial charge is 0.406 e. The molecular formula is C33H48N5O8P. The Kier molecular flexibility index (Phi) is 13.6. The summed E-state index contributed by atoms with van der Waals surface area (Å²) in [4.78, 5) is 37.5. The lowest BCUT2D eigenvalue weighted by atomic mass is 9.83. The van der Waals surface area contributed by atoms with Crippen molar-refractivity contribution in [1.82, 2.24) is 20.4 Å². The van der Waals surface area contributed by atoms with Crippen molar-refractivity contribution in [3.63, 3.8) is 0 Å². The van der Waals surface area contributed by atoms with E-state index in [2.05, 4.69) is 20.4 Å². The quantitative estimate of drug-likeness (QED) is 0.130. The molecule has 4 rings (SSSR count). The number of rotatable bonds is 18. The maximum Gasteiger partial charge on any atom is 0.406 e. The lowest BCUT2D eigenvalue weighted by Gasteiger charge is -2.36. The fourth-order valence-electron chi connectivity index (χ4n) is 6.05. The second-order valence-corrected chi connectivity index (χ2v) is 13.5. The highest BCUT2D eigenvalue weighted by Crippen LogP contribution is 2.44. The van der Waals surface area contributed by atoms with Gasteiger partial charge in [0.2, 0.25) is 11.8 Å². The molecule has 2 heterocycles. The zero-order chi connectivity index (χ0) is 33.8. The molecule has 0 unspecified atom stereocenters. The number of aromatic amines is 1. The first-order chi connectivity index (χ1) is 22.7. The van der Waals surface area contributed by atoms with E-state index in [0.717, 1.165) is 25.7 Å². The number of aromatic nitrogens is 2. The molecule has 0 saturated heterocycles. The minimum atomic E-state index is -3.85. The van der Waals surface area contributed by atoms with Crippen molar-refractivity contribution in [2.45, 2.75) is 89.9 Å². The number of aliphatic hydroxyl groups excluding tert-OH is 1. The Labute approximate surface area is 276 Å². The third-order valence-electron chi connectivity index (χ3n) is 8.35. The Morgan fingerprint density at radius 2 is 1.83 bits per heavy atom. The number of carbonyl (C=O) groups is 2. The van der Waals surface area contributed by atoms with Gasteiger partial charge >= 0.3 is 7.75 Å². The van der Waals surface area contributed by atoms with Crippen LogP contribution in [-0.2, 0) is 29.6 Å². The van der Waals surface area contributed by atoms with Crippen LogP contribution in [0.2, 0.25) is 0 Å². The van der Waals surface area contributed by atoms with Gasteiger partial charge in [-0.3, -0.25) is 23.5 Å². The van der Waals surface area contributed by atoms with Crippen molar-refractivity contribution in [2.75, 3.05) is 25.2 Å². The van der Waals surface area contributed by atoms with Gasteiger partial charge in [-0.05, 0) is 69.5 Å². The number of ether oxygens (including phenoxy) is 1. The van der Waals surface area contributed by atoms with Crippen LogP contribution in [0.4, 0.5) is 5.69 Å². The number of hydrogen-bond acceptors (Lipinski definition) is 9. The second kappa shape index (κ2) is 17.6. The average molecular weight is 674 g/mol. The van der Waals surface area contributed by atoms with Gasteiger partial charge in [0.05, 0.1) is 45.0 Å². The van der Waals surface area contributed by atoms with Crippen molar-refractivity contribution in [3.05, 3.63) is 66.6 Å². The number of H-pyrrole nitrogens is 1. The molecule has 2 amide bonds. The van der Waals surface area contributed by atoms with Crippen molar-refractivity contribution in [2.24, 2.45) is 5.92 Å². The highest BCUT2D eigenvalue weighted by atomic mass is 31.2. The van der Waals surface area contributed by atoms with Gasteiger partial charge in [-0.2, -0.15) is 0 Å². The van der Waals surface area contributed by atoms with Crippen molar-refractivity contribution >= 4 is 25.2 Å². The lowest BCUT2D eigenvalue weighted by Crippen LogP contribution is -2.57. The Hall–Kier alpha value is -3.48. The van der Waals surface area contributed by atoms with Crippen LogP contribution in [0.3, 0.4) is 0 Å². The van der Waals surface area contributed by atoms with Gasteiger partial charge in [0, 0.05) is 24.0 Å². The topological polar surface area (TPSA) is 168 Å². The number of nitrogens with zero attached hydrogens (tertiary/aromatic N) is 2. The molecule has 0 spiro atoms. The molecule has 3 aromatic rings. The van der Waals surface area contributed by atoms with Crippen molar-refractivity contribution in [1.29, 1.82) is 0 Å². The van der Waals surface area contributed by atoms with E-state index in [1.807, 2.05) is 0 Å².